The van der Waals surface area contributed by atoms with Gasteiger partial charge in [0.25, 0.3) is 0 Å². The minimum Gasteiger partial charge on any atom is -0.370 e. The summed E-state index contributed by atoms with van der Waals surface area (Å²) >= 11 is 1.02. The molecule has 0 unspecified atom stereocenters. The van der Waals surface area contributed by atoms with Crippen molar-refractivity contribution in [2.75, 3.05) is 42.9 Å². The number of nitrogens with zero attached hydrogens (tertiary/aromatic N) is 6. The standard InChI is InChI=1S/C17H21N7O2S2/c1-3-18-15-11-12(2)19-17(20-15)23-7-9-24(10-8-23)28(25,26)14-6-4-5-13-16(14)22-27-21-13/h4-6,11H,3,7-10H2,1-2H3,(H,18,19,20). The maximum atomic E-state index is 13.1. The second-order valence-corrected chi connectivity index (χ2v) is 8.94. The van der Waals surface area contributed by atoms with Gasteiger partial charge in [-0.1, -0.05) is 6.07 Å². The van der Waals surface area contributed by atoms with Crippen LogP contribution in [0, 0.1) is 6.92 Å². The third-order valence-electron chi connectivity index (χ3n) is 4.59. The van der Waals surface area contributed by atoms with Crippen molar-refractivity contribution in [3.05, 3.63) is 30.0 Å². The van der Waals surface area contributed by atoms with Crippen molar-refractivity contribution in [3.8, 4) is 0 Å². The van der Waals surface area contributed by atoms with Crippen molar-refractivity contribution in [2.24, 2.45) is 0 Å². The molecule has 0 radical (unpaired) electrons. The fourth-order valence-electron chi connectivity index (χ4n) is 3.22. The van der Waals surface area contributed by atoms with Crippen molar-refractivity contribution in [1.29, 1.82) is 0 Å². The van der Waals surface area contributed by atoms with Gasteiger partial charge in [0.2, 0.25) is 16.0 Å². The summed E-state index contributed by atoms with van der Waals surface area (Å²) in [5.41, 5.74) is 1.92. The number of benzene rings is 1. The number of anilines is 2. The largest absolute Gasteiger partial charge is 0.370 e. The van der Waals surface area contributed by atoms with Crippen LogP contribution >= 0.6 is 11.7 Å². The van der Waals surface area contributed by atoms with Crippen LogP contribution in [0.2, 0.25) is 0 Å². The number of sulfonamides is 1. The first kappa shape index (κ1) is 19.0. The minimum absolute atomic E-state index is 0.216. The molecule has 2 aromatic heterocycles. The first-order chi connectivity index (χ1) is 13.5. The molecule has 1 aromatic carbocycles. The molecule has 9 nitrogen and oxygen atoms in total. The summed E-state index contributed by atoms with van der Waals surface area (Å²) in [5, 5.41) is 3.20. The van der Waals surface area contributed by atoms with E-state index in [9.17, 15) is 8.42 Å². The lowest BCUT2D eigenvalue weighted by atomic mass is 10.3. The van der Waals surface area contributed by atoms with E-state index < -0.39 is 10.0 Å². The van der Waals surface area contributed by atoms with Crippen molar-refractivity contribution < 1.29 is 8.42 Å². The van der Waals surface area contributed by atoms with Crippen LogP contribution in [-0.4, -0.2) is 64.2 Å². The lowest BCUT2D eigenvalue weighted by molar-refractivity contribution is 0.383. The van der Waals surface area contributed by atoms with Gasteiger partial charge in [0.05, 0.1) is 11.7 Å². The molecule has 0 atom stereocenters. The lowest BCUT2D eigenvalue weighted by Crippen LogP contribution is -2.49. The Morgan fingerprint density at radius 1 is 1.14 bits per heavy atom. The van der Waals surface area contributed by atoms with Gasteiger partial charge in [0.1, 0.15) is 21.7 Å². The molecule has 4 rings (SSSR count). The van der Waals surface area contributed by atoms with Gasteiger partial charge in [-0.05, 0) is 26.0 Å². The number of nitrogens with one attached hydrogen (secondary N) is 1. The van der Waals surface area contributed by atoms with E-state index >= 15 is 0 Å². The molecule has 0 amide bonds. The Labute approximate surface area is 167 Å². The molecule has 1 aliphatic rings. The zero-order chi connectivity index (χ0) is 19.7. The molecule has 0 spiro atoms. The minimum atomic E-state index is -3.63. The Morgan fingerprint density at radius 2 is 1.93 bits per heavy atom. The van der Waals surface area contributed by atoms with Gasteiger partial charge in [-0.25, -0.2) is 13.4 Å². The monoisotopic (exact) mass is 419 g/mol. The molecular formula is C17H21N7O2S2. The summed E-state index contributed by atoms with van der Waals surface area (Å²) in [7, 11) is -3.63. The molecule has 0 aliphatic carbocycles. The van der Waals surface area contributed by atoms with Crippen LogP contribution in [-0.2, 0) is 10.0 Å². The molecule has 11 heteroatoms. The predicted octanol–water partition coefficient (Wildman–Crippen LogP) is 1.73. The van der Waals surface area contributed by atoms with Gasteiger partial charge >= 0.3 is 0 Å². The molecule has 0 bridgehead atoms. The third-order valence-corrected chi connectivity index (χ3v) is 7.06. The Morgan fingerprint density at radius 3 is 2.68 bits per heavy atom. The van der Waals surface area contributed by atoms with E-state index in [4.69, 9.17) is 0 Å². The Bertz CT molecular complexity index is 1090. The van der Waals surface area contributed by atoms with Crippen LogP contribution in [0.15, 0.2) is 29.2 Å². The maximum absolute atomic E-state index is 13.1. The topological polar surface area (TPSA) is 104 Å². The van der Waals surface area contributed by atoms with Crippen LogP contribution in [0.5, 0.6) is 0 Å². The molecule has 1 fully saturated rings. The van der Waals surface area contributed by atoms with Crippen molar-refractivity contribution in [3.63, 3.8) is 0 Å². The summed E-state index contributed by atoms with van der Waals surface area (Å²) < 4.78 is 36.1. The van der Waals surface area contributed by atoms with E-state index in [0.29, 0.717) is 43.2 Å². The first-order valence-electron chi connectivity index (χ1n) is 9.05. The van der Waals surface area contributed by atoms with E-state index in [1.807, 2.05) is 24.8 Å². The highest BCUT2D eigenvalue weighted by Crippen LogP contribution is 2.26. The molecule has 3 heterocycles. The Hall–Kier alpha value is -2.37. The van der Waals surface area contributed by atoms with Gasteiger partial charge in [0.15, 0.2) is 0 Å². The van der Waals surface area contributed by atoms with Crippen LogP contribution in [0.4, 0.5) is 11.8 Å². The Balaban J connectivity index is 1.53. The number of aryl methyl sites for hydroxylation is 1. The number of rotatable bonds is 5. The molecular weight excluding hydrogens is 398 g/mol. The SMILES string of the molecule is CCNc1cc(C)nc(N2CCN(S(=O)(=O)c3cccc4nsnc34)CC2)n1. The van der Waals surface area contributed by atoms with E-state index in [1.165, 1.54) is 4.31 Å². The summed E-state index contributed by atoms with van der Waals surface area (Å²) in [5.74, 6) is 1.40. The van der Waals surface area contributed by atoms with Gasteiger partial charge in [0, 0.05) is 44.5 Å². The van der Waals surface area contributed by atoms with E-state index in [0.717, 1.165) is 29.8 Å². The summed E-state index contributed by atoms with van der Waals surface area (Å²) in [6.07, 6.45) is 0. The molecule has 28 heavy (non-hydrogen) atoms. The van der Waals surface area contributed by atoms with Crippen LogP contribution < -0.4 is 10.2 Å². The van der Waals surface area contributed by atoms with Crippen LogP contribution in [0.3, 0.4) is 0 Å². The first-order valence-corrected chi connectivity index (χ1v) is 11.2. The van der Waals surface area contributed by atoms with Crippen LogP contribution in [0.1, 0.15) is 12.6 Å². The van der Waals surface area contributed by atoms with Crippen molar-refractivity contribution >= 4 is 44.6 Å². The smallest absolute Gasteiger partial charge is 0.245 e. The van der Waals surface area contributed by atoms with Crippen molar-refractivity contribution in [1.82, 2.24) is 23.0 Å². The summed E-state index contributed by atoms with van der Waals surface area (Å²) in [6, 6.07) is 6.97. The molecule has 0 saturated carbocycles. The highest BCUT2D eigenvalue weighted by molar-refractivity contribution is 7.89. The quantitative estimate of drug-likeness (QED) is 0.667. The normalized spacial score (nSPS) is 15.9. The zero-order valence-corrected chi connectivity index (χ0v) is 17.3. The van der Waals surface area contributed by atoms with Gasteiger partial charge in [-0.15, -0.1) is 0 Å². The zero-order valence-electron chi connectivity index (χ0n) is 15.7. The highest BCUT2D eigenvalue weighted by atomic mass is 32.2. The van der Waals surface area contributed by atoms with E-state index in [1.54, 1.807) is 18.2 Å². The molecule has 1 aliphatic heterocycles. The fraction of sp³-hybridized carbons (Fsp3) is 0.412. The van der Waals surface area contributed by atoms with E-state index in [-0.39, 0.29) is 4.90 Å². The second kappa shape index (κ2) is 7.57. The number of fused-ring (bicyclic) bond motifs is 1. The second-order valence-electron chi connectivity index (χ2n) is 6.50. The van der Waals surface area contributed by atoms with Gasteiger partial charge in [-0.2, -0.15) is 18.0 Å². The molecule has 1 saturated heterocycles. The average Bonchev–Trinajstić information content (AvgIpc) is 3.16. The van der Waals surface area contributed by atoms with Gasteiger partial charge < -0.3 is 10.2 Å². The number of aromatic nitrogens is 4. The summed E-state index contributed by atoms with van der Waals surface area (Å²) in [6.45, 7) is 6.50. The average molecular weight is 420 g/mol. The predicted molar refractivity (Wildman–Crippen MR) is 109 cm³/mol. The highest BCUT2D eigenvalue weighted by Gasteiger charge is 2.31. The fourth-order valence-corrected chi connectivity index (χ4v) is 5.40. The van der Waals surface area contributed by atoms with E-state index in [2.05, 4.69) is 24.0 Å². The summed E-state index contributed by atoms with van der Waals surface area (Å²) in [4.78, 5) is 11.3. The lowest BCUT2D eigenvalue weighted by Gasteiger charge is -2.34. The molecule has 3 aromatic rings. The Kier molecular flexibility index (Phi) is 5.13. The van der Waals surface area contributed by atoms with Crippen LogP contribution in [0.25, 0.3) is 11.0 Å². The maximum Gasteiger partial charge on any atom is 0.245 e. The number of hydrogen-bond donors (Lipinski definition) is 1. The number of hydrogen-bond acceptors (Lipinski definition) is 9. The van der Waals surface area contributed by atoms with Crippen molar-refractivity contribution in [2.45, 2.75) is 18.7 Å². The van der Waals surface area contributed by atoms with Gasteiger partial charge in [-0.3, -0.25) is 0 Å². The number of piperazine rings is 1. The third kappa shape index (κ3) is 3.52. The molecule has 1 N–H and O–H groups in total. The molecule has 148 valence electrons.